The number of anilines is 2. The van der Waals surface area contributed by atoms with Gasteiger partial charge in [-0.3, -0.25) is 9.10 Å². The van der Waals surface area contributed by atoms with Gasteiger partial charge >= 0.3 is 5.97 Å². The Balaban J connectivity index is 1.72. The van der Waals surface area contributed by atoms with Crippen molar-refractivity contribution >= 4 is 43.9 Å². The van der Waals surface area contributed by atoms with E-state index in [1.807, 2.05) is 0 Å². The number of fused-ring (bicyclic) bond motifs is 1. The van der Waals surface area contributed by atoms with Gasteiger partial charge in [0.1, 0.15) is 10.8 Å². The number of nitrogens with one attached hydrogen (secondary N) is 1. The number of carbonyl (C=O) groups excluding carboxylic acids is 2. The Bertz CT molecular complexity index is 1080. The molecule has 1 amide bonds. The average Bonchev–Trinajstić information content (AvgIpc) is 3.10. The largest absolute Gasteiger partial charge is 0.481 e. The van der Waals surface area contributed by atoms with Gasteiger partial charge in [-0.2, -0.15) is 0 Å². The van der Waals surface area contributed by atoms with E-state index >= 15 is 0 Å². The van der Waals surface area contributed by atoms with E-state index in [4.69, 9.17) is 9.47 Å². The number of aryl methyl sites for hydroxylation is 1. The fourth-order valence-corrected chi connectivity index (χ4v) is 5.15. The third-order valence-corrected chi connectivity index (χ3v) is 7.59. The van der Waals surface area contributed by atoms with Crippen molar-refractivity contribution in [3.8, 4) is 5.75 Å². The molecule has 168 valence electrons. The van der Waals surface area contributed by atoms with Crippen LogP contribution in [0.4, 0.5) is 10.7 Å². The number of ether oxygens (including phenoxy) is 2. The molecule has 1 heterocycles. The molecule has 0 saturated carbocycles. The van der Waals surface area contributed by atoms with E-state index in [0.29, 0.717) is 22.0 Å². The number of benzene rings is 1. The minimum absolute atomic E-state index is 0.388. The van der Waals surface area contributed by atoms with Gasteiger partial charge in [0.25, 0.3) is 5.91 Å². The first-order valence-electron chi connectivity index (χ1n) is 9.86. The second kappa shape index (κ2) is 9.27. The molecule has 0 radical (unpaired) electrons. The standard InChI is InChI=1S/C21H26N2O6S2/c1-13(29-15-11-9-14(10-12-15)23(2)31(4,26)27)19(24)22-20-18(21(25)28-3)16-7-5-6-8-17(16)30-20/h9-13H,5-8H2,1-4H3,(H,22,24). The topological polar surface area (TPSA) is 102 Å². The normalized spacial score (nSPS) is 14.3. The molecule has 1 aliphatic rings. The number of methoxy groups -OCH3 is 1. The summed E-state index contributed by atoms with van der Waals surface area (Å²) in [6.07, 6.45) is 4.04. The molecule has 31 heavy (non-hydrogen) atoms. The molecule has 1 aliphatic carbocycles. The quantitative estimate of drug-likeness (QED) is 0.629. The van der Waals surface area contributed by atoms with Gasteiger partial charge < -0.3 is 14.8 Å². The predicted octanol–water partition coefficient (Wildman–Crippen LogP) is 3.22. The first-order valence-corrected chi connectivity index (χ1v) is 12.5. The van der Waals surface area contributed by atoms with Gasteiger partial charge in [-0.1, -0.05) is 0 Å². The number of thiophene rings is 1. The number of rotatable bonds is 7. The molecule has 10 heteroatoms. The lowest BCUT2D eigenvalue weighted by molar-refractivity contribution is -0.122. The van der Waals surface area contributed by atoms with Gasteiger partial charge in [0.15, 0.2) is 6.10 Å². The first-order chi connectivity index (χ1) is 14.6. The highest BCUT2D eigenvalue weighted by Gasteiger charge is 2.28. The molecule has 1 unspecified atom stereocenters. The third kappa shape index (κ3) is 5.19. The lowest BCUT2D eigenvalue weighted by Crippen LogP contribution is -2.30. The lowest BCUT2D eigenvalue weighted by Gasteiger charge is -2.18. The van der Waals surface area contributed by atoms with Crippen LogP contribution in [0.3, 0.4) is 0 Å². The van der Waals surface area contributed by atoms with Crippen LogP contribution >= 0.6 is 11.3 Å². The third-order valence-electron chi connectivity index (χ3n) is 5.18. The molecule has 1 atom stereocenters. The summed E-state index contributed by atoms with van der Waals surface area (Å²) in [5.74, 6) is -0.415. The minimum Gasteiger partial charge on any atom is -0.481 e. The van der Waals surface area contributed by atoms with E-state index in [2.05, 4.69) is 5.32 Å². The minimum atomic E-state index is -3.36. The molecule has 0 spiro atoms. The van der Waals surface area contributed by atoms with Crippen molar-refractivity contribution in [3.05, 3.63) is 40.3 Å². The molecule has 1 N–H and O–H groups in total. The van der Waals surface area contributed by atoms with Crippen LogP contribution in [0.25, 0.3) is 0 Å². The molecule has 0 bridgehead atoms. The van der Waals surface area contributed by atoms with Crippen molar-refractivity contribution in [2.24, 2.45) is 0 Å². The van der Waals surface area contributed by atoms with Crippen molar-refractivity contribution in [3.63, 3.8) is 0 Å². The maximum atomic E-state index is 12.7. The van der Waals surface area contributed by atoms with E-state index in [1.165, 1.54) is 25.5 Å². The molecule has 0 aliphatic heterocycles. The van der Waals surface area contributed by atoms with Gasteiger partial charge in [0.2, 0.25) is 10.0 Å². The number of carbonyl (C=O) groups is 2. The Morgan fingerprint density at radius 1 is 1.16 bits per heavy atom. The summed E-state index contributed by atoms with van der Waals surface area (Å²) in [5, 5.41) is 3.31. The highest BCUT2D eigenvalue weighted by Crippen LogP contribution is 2.38. The number of hydrogen-bond acceptors (Lipinski definition) is 7. The van der Waals surface area contributed by atoms with E-state index in [1.54, 1.807) is 31.2 Å². The van der Waals surface area contributed by atoms with Gasteiger partial charge in [-0.15, -0.1) is 11.3 Å². The number of sulfonamides is 1. The smallest absolute Gasteiger partial charge is 0.341 e. The molecule has 0 saturated heterocycles. The predicted molar refractivity (Wildman–Crippen MR) is 121 cm³/mol. The summed E-state index contributed by atoms with van der Waals surface area (Å²) in [6.45, 7) is 1.61. The van der Waals surface area contributed by atoms with Crippen molar-refractivity contribution in [2.45, 2.75) is 38.7 Å². The van der Waals surface area contributed by atoms with Crippen LogP contribution in [0.5, 0.6) is 5.75 Å². The summed E-state index contributed by atoms with van der Waals surface area (Å²) in [6, 6.07) is 6.41. The van der Waals surface area contributed by atoms with Crippen LogP contribution < -0.4 is 14.4 Å². The molecule has 0 fully saturated rings. The van der Waals surface area contributed by atoms with Gasteiger partial charge in [-0.25, -0.2) is 13.2 Å². The monoisotopic (exact) mass is 466 g/mol. The summed E-state index contributed by atoms with van der Waals surface area (Å²) >= 11 is 1.41. The van der Waals surface area contributed by atoms with Crippen LogP contribution in [0.15, 0.2) is 24.3 Å². The fraction of sp³-hybridized carbons (Fsp3) is 0.429. The Morgan fingerprint density at radius 3 is 2.42 bits per heavy atom. The zero-order valence-electron chi connectivity index (χ0n) is 17.9. The number of nitrogens with zero attached hydrogens (tertiary/aromatic N) is 1. The van der Waals surface area contributed by atoms with Crippen molar-refractivity contribution < 1.29 is 27.5 Å². The van der Waals surface area contributed by atoms with Crippen LogP contribution in [-0.2, 0) is 32.4 Å². The highest BCUT2D eigenvalue weighted by atomic mass is 32.2. The lowest BCUT2D eigenvalue weighted by atomic mass is 9.95. The fourth-order valence-electron chi connectivity index (χ4n) is 3.37. The molecule has 2 aromatic rings. The summed E-state index contributed by atoms with van der Waals surface area (Å²) in [4.78, 5) is 26.2. The van der Waals surface area contributed by atoms with Gasteiger partial charge in [0, 0.05) is 11.9 Å². The van der Waals surface area contributed by atoms with Crippen molar-refractivity contribution in [1.29, 1.82) is 0 Å². The summed E-state index contributed by atoms with van der Waals surface area (Å²) in [7, 11) is -0.573. The van der Waals surface area contributed by atoms with Gasteiger partial charge in [-0.05, 0) is 62.4 Å². The Morgan fingerprint density at radius 2 is 1.81 bits per heavy atom. The van der Waals surface area contributed by atoms with Crippen molar-refractivity contribution in [2.75, 3.05) is 30.0 Å². The maximum Gasteiger partial charge on any atom is 0.341 e. The van der Waals surface area contributed by atoms with Crippen LogP contribution in [0.1, 0.15) is 40.6 Å². The SMILES string of the molecule is COC(=O)c1c(NC(=O)C(C)Oc2ccc(N(C)S(C)(=O)=O)cc2)sc2c1CCCC2. The molecule has 3 rings (SSSR count). The first kappa shape index (κ1) is 23.1. The Hall–Kier alpha value is -2.59. The van der Waals surface area contributed by atoms with Crippen LogP contribution in [-0.4, -0.2) is 46.8 Å². The Kier molecular flexibility index (Phi) is 6.90. The summed E-state index contributed by atoms with van der Waals surface area (Å²) < 4.78 is 35.1. The van der Waals surface area contributed by atoms with Crippen molar-refractivity contribution in [1.82, 2.24) is 0 Å². The van der Waals surface area contributed by atoms with E-state index < -0.39 is 22.1 Å². The van der Waals surface area contributed by atoms with Gasteiger partial charge in [0.05, 0.1) is 24.6 Å². The molecule has 1 aromatic carbocycles. The van der Waals surface area contributed by atoms with Crippen LogP contribution in [0, 0.1) is 0 Å². The average molecular weight is 467 g/mol. The number of hydrogen-bond donors (Lipinski definition) is 1. The summed E-state index contributed by atoms with van der Waals surface area (Å²) in [5.41, 5.74) is 1.90. The maximum absolute atomic E-state index is 12.7. The van der Waals surface area contributed by atoms with E-state index in [0.717, 1.165) is 46.7 Å². The number of amides is 1. The van der Waals surface area contributed by atoms with Crippen LogP contribution in [0.2, 0.25) is 0 Å². The second-order valence-electron chi connectivity index (χ2n) is 7.38. The zero-order chi connectivity index (χ0) is 22.8. The molecular formula is C21H26N2O6S2. The zero-order valence-corrected chi connectivity index (χ0v) is 19.6. The highest BCUT2D eigenvalue weighted by molar-refractivity contribution is 7.92. The second-order valence-corrected chi connectivity index (χ2v) is 10.5. The van der Waals surface area contributed by atoms with E-state index in [-0.39, 0.29) is 5.91 Å². The molecule has 8 nitrogen and oxygen atoms in total. The number of esters is 1. The van der Waals surface area contributed by atoms with E-state index in [9.17, 15) is 18.0 Å². The Labute approximate surface area is 186 Å². The molecular weight excluding hydrogens is 440 g/mol. The molecule has 1 aromatic heterocycles.